The molecule has 4 nitrogen and oxygen atoms in total. The molecule has 0 aromatic carbocycles. The number of aromatic nitrogens is 2. The van der Waals surface area contributed by atoms with Crippen molar-refractivity contribution in [2.45, 2.75) is 26.5 Å². The first kappa shape index (κ1) is 13.3. The van der Waals surface area contributed by atoms with Gasteiger partial charge in [0.2, 0.25) is 0 Å². The number of aliphatic hydroxyl groups is 1. The van der Waals surface area contributed by atoms with E-state index in [2.05, 4.69) is 10.3 Å². The molecule has 2 heterocycles. The number of nitrogens with zero attached hydrogens (tertiary/aromatic N) is 2. The van der Waals surface area contributed by atoms with Gasteiger partial charge in [0, 0.05) is 19.3 Å². The van der Waals surface area contributed by atoms with E-state index in [1.165, 1.54) is 0 Å². The van der Waals surface area contributed by atoms with Crippen LogP contribution in [-0.4, -0.2) is 27.1 Å². The lowest BCUT2D eigenvalue weighted by atomic mass is 10.1. The van der Waals surface area contributed by atoms with Crippen molar-refractivity contribution >= 4 is 17.2 Å². The molecular weight excluding hydrogens is 250 g/mol. The number of hydrogen-bond donors (Lipinski definition) is 2. The van der Waals surface area contributed by atoms with Crippen molar-refractivity contribution in [3.63, 3.8) is 0 Å². The molecule has 1 atom stereocenters. The Morgan fingerprint density at radius 1 is 1.44 bits per heavy atom. The predicted octanol–water partition coefficient (Wildman–Crippen LogP) is 2.09. The highest BCUT2D eigenvalue weighted by molar-refractivity contribution is 6.30. The largest absolute Gasteiger partial charge is 0.392 e. The summed E-state index contributed by atoms with van der Waals surface area (Å²) in [6.07, 6.45) is 1.59. The Morgan fingerprint density at radius 2 is 2.22 bits per heavy atom. The third kappa shape index (κ3) is 2.83. The molecule has 0 amide bonds. The van der Waals surface area contributed by atoms with Crippen molar-refractivity contribution in [3.05, 3.63) is 35.2 Å². The third-order valence-corrected chi connectivity index (χ3v) is 3.30. The van der Waals surface area contributed by atoms with E-state index in [0.29, 0.717) is 18.2 Å². The van der Waals surface area contributed by atoms with Crippen LogP contribution in [0.3, 0.4) is 0 Å². The van der Waals surface area contributed by atoms with Crippen molar-refractivity contribution in [2.75, 3.05) is 6.54 Å². The molecule has 0 aliphatic carbocycles. The maximum atomic E-state index is 9.72. The molecule has 0 spiro atoms. The summed E-state index contributed by atoms with van der Waals surface area (Å²) in [6, 6.07) is 5.79. The second-order valence-corrected chi connectivity index (χ2v) is 5.08. The molecule has 2 rings (SSSR count). The van der Waals surface area contributed by atoms with Crippen LogP contribution in [0.1, 0.15) is 19.5 Å². The summed E-state index contributed by atoms with van der Waals surface area (Å²) in [4.78, 5) is 4.27. The standard InChI is InChI=1S/C13H18ClN3O/c1-9(2)11(18)8-15-7-10-13(14)16-12-5-3-4-6-17(10)12/h3-6,9,11,15,18H,7-8H2,1-2H3. The van der Waals surface area contributed by atoms with E-state index in [9.17, 15) is 5.11 Å². The Morgan fingerprint density at radius 3 is 2.94 bits per heavy atom. The molecule has 18 heavy (non-hydrogen) atoms. The Hall–Kier alpha value is -1.10. The molecule has 0 bridgehead atoms. The zero-order valence-corrected chi connectivity index (χ0v) is 11.4. The van der Waals surface area contributed by atoms with Crippen LogP contribution in [0, 0.1) is 5.92 Å². The second kappa shape index (κ2) is 5.69. The molecule has 98 valence electrons. The lowest BCUT2D eigenvalue weighted by Crippen LogP contribution is -2.30. The number of aliphatic hydroxyl groups excluding tert-OH is 1. The summed E-state index contributed by atoms with van der Waals surface area (Å²) in [7, 11) is 0. The van der Waals surface area contributed by atoms with Crippen LogP contribution in [-0.2, 0) is 6.54 Å². The fourth-order valence-corrected chi connectivity index (χ4v) is 1.99. The normalized spacial score (nSPS) is 13.4. The Bertz CT molecular complexity index is 524. The fourth-order valence-electron chi connectivity index (χ4n) is 1.75. The van der Waals surface area contributed by atoms with E-state index in [4.69, 9.17) is 11.6 Å². The van der Waals surface area contributed by atoms with E-state index in [-0.39, 0.29) is 12.0 Å². The van der Waals surface area contributed by atoms with Gasteiger partial charge in [-0.1, -0.05) is 31.5 Å². The zero-order valence-electron chi connectivity index (χ0n) is 10.6. The minimum Gasteiger partial charge on any atom is -0.392 e. The quantitative estimate of drug-likeness (QED) is 0.872. The van der Waals surface area contributed by atoms with Gasteiger partial charge in [0.15, 0.2) is 5.15 Å². The number of hydrogen-bond acceptors (Lipinski definition) is 3. The summed E-state index contributed by atoms with van der Waals surface area (Å²) >= 11 is 6.11. The van der Waals surface area contributed by atoms with Gasteiger partial charge in [-0.3, -0.25) is 0 Å². The van der Waals surface area contributed by atoms with Gasteiger partial charge in [-0.2, -0.15) is 0 Å². The molecule has 2 aromatic heterocycles. The lowest BCUT2D eigenvalue weighted by molar-refractivity contribution is 0.123. The first-order chi connectivity index (χ1) is 8.59. The maximum absolute atomic E-state index is 9.72. The van der Waals surface area contributed by atoms with E-state index in [1.54, 1.807) is 0 Å². The van der Waals surface area contributed by atoms with Gasteiger partial charge in [-0.05, 0) is 18.1 Å². The highest BCUT2D eigenvalue weighted by atomic mass is 35.5. The van der Waals surface area contributed by atoms with Gasteiger partial charge in [0.1, 0.15) is 5.65 Å². The number of pyridine rings is 1. The lowest BCUT2D eigenvalue weighted by Gasteiger charge is -2.15. The molecule has 2 N–H and O–H groups in total. The van der Waals surface area contributed by atoms with Crippen molar-refractivity contribution in [1.82, 2.24) is 14.7 Å². The molecule has 0 fully saturated rings. The van der Waals surface area contributed by atoms with Gasteiger partial charge in [-0.15, -0.1) is 0 Å². The van der Waals surface area contributed by atoms with E-state index in [1.807, 2.05) is 42.6 Å². The summed E-state index contributed by atoms with van der Waals surface area (Å²) in [5.41, 5.74) is 1.76. The van der Waals surface area contributed by atoms with E-state index >= 15 is 0 Å². The average Bonchev–Trinajstić information content (AvgIpc) is 2.65. The molecule has 2 aromatic rings. The Labute approximate surface area is 112 Å². The summed E-state index contributed by atoms with van der Waals surface area (Å²) in [5.74, 6) is 0.246. The fraction of sp³-hybridized carbons (Fsp3) is 0.462. The minimum absolute atomic E-state index is 0.246. The monoisotopic (exact) mass is 267 g/mol. The van der Waals surface area contributed by atoms with Gasteiger partial charge >= 0.3 is 0 Å². The Balaban J connectivity index is 2.05. The molecule has 5 heteroatoms. The van der Waals surface area contributed by atoms with Crippen molar-refractivity contribution < 1.29 is 5.11 Å². The number of imidazole rings is 1. The average molecular weight is 268 g/mol. The molecule has 0 saturated carbocycles. The number of nitrogens with one attached hydrogen (secondary N) is 1. The molecule has 1 unspecified atom stereocenters. The number of rotatable bonds is 5. The first-order valence-corrected chi connectivity index (χ1v) is 6.47. The van der Waals surface area contributed by atoms with Gasteiger partial charge in [-0.25, -0.2) is 4.98 Å². The van der Waals surface area contributed by atoms with E-state index < -0.39 is 0 Å². The molecular formula is C13H18ClN3O. The van der Waals surface area contributed by atoms with Crippen LogP contribution in [0.2, 0.25) is 5.15 Å². The van der Waals surface area contributed by atoms with Crippen molar-refractivity contribution in [1.29, 1.82) is 0 Å². The minimum atomic E-state index is -0.344. The highest BCUT2D eigenvalue weighted by Crippen LogP contribution is 2.17. The molecule has 0 radical (unpaired) electrons. The number of halogens is 1. The summed E-state index contributed by atoms with van der Waals surface area (Å²) in [5, 5.41) is 13.4. The third-order valence-electron chi connectivity index (χ3n) is 3.00. The van der Waals surface area contributed by atoms with E-state index in [0.717, 1.165) is 11.3 Å². The number of fused-ring (bicyclic) bond motifs is 1. The molecule has 0 aliphatic heterocycles. The molecule has 0 aliphatic rings. The second-order valence-electron chi connectivity index (χ2n) is 4.72. The van der Waals surface area contributed by atoms with Crippen molar-refractivity contribution in [3.8, 4) is 0 Å². The van der Waals surface area contributed by atoms with Crippen molar-refractivity contribution in [2.24, 2.45) is 5.92 Å². The summed E-state index contributed by atoms with van der Waals surface area (Å²) < 4.78 is 1.96. The van der Waals surface area contributed by atoms with Crippen LogP contribution in [0.25, 0.3) is 5.65 Å². The zero-order chi connectivity index (χ0) is 13.1. The van der Waals surface area contributed by atoms with Gasteiger partial charge in [0.05, 0.1) is 11.8 Å². The van der Waals surface area contributed by atoms with Crippen LogP contribution in [0.15, 0.2) is 24.4 Å². The van der Waals surface area contributed by atoms with Crippen LogP contribution >= 0.6 is 11.6 Å². The van der Waals surface area contributed by atoms with Gasteiger partial charge in [0.25, 0.3) is 0 Å². The maximum Gasteiger partial charge on any atom is 0.152 e. The topological polar surface area (TPSA) is 49.6 Å². The highest BCUT2D eigenvalue weighted by Gasteiger charge is 2.11. The summed E-state index contributed by atoms with van der Waals surface area (Å²) in [6.45, 7) is 5.13. The van der Waals surface area contributed by atoms with Gasteiger partial charge < -0.3 is 14.8 Å². The first-order valence-electron chi connectivity index (χ1n) is 6.10. The predicted molar refractivity (Wildman–Crippen MR) is 72.8 cm³/mol. The van der Waals surface area contributed by atoms with Crippen LogP contribution < -0.4 is 5.32 Å². The smallest absolute Gasteiger partial charge is 0.152 e. The molecule has 0 saturated heterocycles. The van der Waals surface area contributed by atoms with Crippen LogP contribution in [0.5, 0.6) is 0 Å². The Kier molecular flexibility index (Phi) is 4.22. The SMILES string of the molecule is CC(C)C(O)CNCc1c(Cl)nc2ccccn12. The van der Waals surface area contributed by atoms with Crippen LogP contribution in [0.4, 0.5) is 0 Å².